The SMILES string of the molecule is O=S(=O)(Nc1cccc2cn[nH]c12)c1cnc(Cl)s1. The number of aromatic amines is 1. The molecule has 0 unspecified atom stereocenters. The second kappa shape index (κ2) is 4.48. The minimum absolute atomic E-state index is 0.0639. The molecule has 0 saturated carbocycles. The van der Waals surface area contributed by atoms with Gasteiger partial charge in [-0.05, 0) is 6.07 Å². The quantitative estimate of drug-likeness (QED) is 0.777. The van der Waals surface area contributed by atoms with E-state index < -0.39 is 10.0 Å². The van der Waals surface area contributed by atoms with Crippen LogP contribution in [0.4, 0.5) is 5.69 Å². The fraction of sp³-hybridized carbons (Fsp3) is 0. The Labute approximate surface area is 117 Å². The van der Waals surface area contributed by atoms with Crippen LogP contribution in [0.3, 0.4) is 0 Å². The third-order valence-corrected chi connectivity index (χ3v) is 5.38. The van der Waals surface area contributed by atoms with Crippen molar-refractivity contribution in [1.82, 2.24) is 15.2 Å². The van der Waals surface area contributed by atoms with Crippen molar-refractivity contribution in [2.24, 2.45) is 0 Å². The number of sulfonamides is 1. The van der Waals surface area contributed by atoms with E-state index in [4.69, 9.17) is 11.6 Å². The van der Waals surface area contributed by atoms with Crippen LogP contribution in [0.1, 0.15) is 0 Å². The summed E-state index contributed by atoms with van der Waals surface area (Å²) in [4.78, 5) is 3.72. The molecular formula is C10H7ClN4O2S2. The van der Waals surface area contributed by atoms with E-state index in [1.54, 1.807) is 18.3 Å². The third-order valence-electron chi connectivity index (χ3n) is 2.44. The molecule has 2 N–H and O–H groups in total. The molecule has 0 aliphatic carbocycles. The maximum atomic E-state index is 12.1. The van der Waals surface area contributed by atoms with E-state index in [-0.39, 0.29) is 8.68 Å². The number of para-hydroxylation sites is 1. The van der Waals surface area contributed by atoms with Gasteiger partial charge >= 0.3 is 0 Å². The molecule has 2 aromatic heterocycles. The zero-order chi connectivity index (χ0) is 13.5. The van der Waals surface area contributed by atoms with Crippen LogP contribution in [0.2, 0.25) is 4.47 Å². The fourth-order valence-corrected chi connectivity index (χ4v) is 3.98. The van der Waals surface area contributed by atoms with Gasteiger partial charge in [-0.3, -0.25) is 9.82 Å². The molecule has 0 fully saturated rings. The minimum atomic E-state index is -3.69. The zero-order valence-electron chi connectivity index (χ0n) is 9.29. The lowest BCUT2D eigenvalue weighted by molar-refractivity contribution is 0.603. The van der Waals surface area contributed by atoms with Crippen molar-refractivity contribution in [2.75, 3.05) is 4.72 Å². The van der Waals surface area contributed by atoms with Gasteiger partial charge in [0, 0.05) is 5.39 Å². The molecule has 3 aromatic rings. The number of nitrogens with one attached hydrogen (secondary N) is 2. The highest BCUT2D eigenvalue weighted by Gasteiger charge is 2.19. The van der Waals surface area contributed by atoms with Crippen molar-refractivity contribution in [1.29, 1.82) is 0 Å². The van der Waals surface area contributed by atoms with Crippen LogP contribution >= 0.6 is 22.9 Å². The van der Waals surface area contributed by atoms with Crippen LogP contribution < -0.4 is 4.72 Å². The summed E-state index contributed by atoms with van der Waals surface area (Å²) in [5.74, 6) is 0. The first kappa shape index (κ1) is 12.4. The number of benzene rings is 1. The average molecular weight is 315 g/mol. The first-order valence-corrected chi connectivity index (χ1v) is 7.80. The number of rotatable bonds is 3. The maximum absolute atomic E-state index is 12.1. The van der Waals surface area contributed by atoms with E-state index in [9.17, 15) is 8.42 Å². The molecule has 0 aliphatic rings. The summed E-state index contributed by atoms with van der Waals surface area (Å²) in [6, 6.07) is 5.23. The predicted octanol–water partition coefficient (Wildman–Crippen LogP) is 2.47. The molecule has 98 valence electrons. The van der Waals surface area contributed by atoms with Gasteiger partial charge in [-0.2, -0.15) is 5.10 Å². The maximum Gasteiger partial charge on any atom is 0.273 e. The summed E-state index contributed by atoms with van der Waals surface area (Å²) in [6.07, 6.45) is 2.85. The van der Waals surface area contributed by atoms with Gasteiger partial charge in [-0.15, -0.1) is 0 Å². The Kier molecular flexibility index (Phi) is 2.92. The Morgan fingerprint density at radius 1 is 1.32 bits per heavy atom. The van der Waals surface area contributed by atoms with Gasteiger partial charge in [0.05, 0.1) is 23.6 Å². The van der Waals surface area contributed by atoms with Crippen LogP contribution in [0.5, 0.6) is 0 Å². The third kappa shape index (κ3) is 2.29. The predicted molar refractivity (Wildman–Crippen MR) is 74.0 cm³/mol. The Morgan fingerprint density at radius 3 is 2.89 bits per heavy atom. The minimum Gasteiger partial charge on any atom is -0.277 e. The topological polar surface area (TPSA) is 87.7 Å². The highest BCUT2D eigenvalue weighted by Crippen LogP contribution is 2.27. The smallest absolute Gasteiger partial charge is 0.273 e. The summed E-state index contributed by atoms with van der Waals surface area (Å²) in [5.41, 5.74) is 1.06. The van der Waals surface area contributed by atoms with E-state index in [1.807, 2.05) is 6.07 Å². The highest BCUT2D eigenvalue weighted by molar-refractivity contribution is 7.94. The second-order valence-corrected chi connectivity index (χ2v) is 7.20. The number of aromatic nitrogens is 3. The first-order chi connectivity index (χ1) is 9.06. The molecule has 2 heterocycles. The number of hydrogen-bond acceptors (Lipinski definition) is 5. The number of thiazole rings is 1. The highest BCUT2D eigenvalue weighted by atomic mass is 35.5. The summed E-state index contributed by atoms with van der Waals surface area (Å²) in [6.45, 7) is 0. The van der Waals surface area contributed by atoms with E-state index >= 15 is 0 Å². The van der Waals surface area contributed by atoms with Gasteiger partial charge < -0.3 is 0 Å². The van der Waals surface area contributed by atoms with E-state index in [0.29, 0.717) is 11.2 Å². The Bertz CT molecular complexity index is 840. The number of H-pyrrole nitrogens is 1. The van der Waals surface area contributed by atoms with Gasteiger partial charge in [0.2, 0.25) is 0 Å². The summed E-state index contributed by atoms with van der Waals surface area (Å²) in [5, 5.41) is 7.45. The lowest BCUT2D eigenvalue weighted by Gasteiger charge is -2.06. The van der Waals surface area contributed by atoms with Gasteiger partial charge in [-0.1, -0.05) is 35.1 Å². The summed E-state index contributed by atoms with van der Waals surface area (Å²) >= 11 is 6.55. The number of nitrogens with zero attached hydrogens (tertiary/aromatic N) is 2. The molecule has 0 saturated heterocycles. The van der Waals surface area contributed by atoms with Crippen molar-refractivity contribution < 1.29 is 8.42 Å². The van der Waals surface area contributed by atoms with Crippen molar-refractivity contribution in [3.05, 3.63) is 35.1 Å². The summed E-state index contributed by atoms with van der Waals surface area (Å²) < 4.78 is 27.0. The van der Waals surface area contributed by atoms with Crippen LogP contribution in [0.25, 0.3) is 10.9 Å². The molecule has 0 spiro atoms. The molecule has 1 aromatic carbocycles. The molecule has 6 nitrogen and oxygen atoms in total. The first-order valence-electron chi connectivity index (χ1n) is 5.12. The molecule has 0 bridgehead atoms. The Hall–Kier alpha value is -1.64. The van der Waals surface area contributed by atoms with E-state index in [2.05, 4.69) is 19.9 Å². The Morgan fingerprint density at radius 2 is 2.16 bits per heavy atom. The van der Waals surface area contributed by atoms with Crippen LogP contribution in [0, 0.1) is 0 Å². The van der Waals surface area contributed by atoms with Crippen LogP contribution in [0.15, 0.2) is 34.8 Å². The molecule has 9 heteroatoms. The van der Waals surface area contributed by atoms with Gasteiger partial charge in [0.15, 0.2) is 8.68 Å². The number of halogens is 1. The lowest BCUT2D eigenvalue weighted by atomic mass is 10.2. The number of anilines is 1. The molecule has 0 amide bonds. The van der Waals surface area contributed by atoms with Gasteiger partial charge in [-0.25, -0.2) is 13.4 Å². The van der Waals surface area contributed by atoms with Crippen molar-refractivity contribution in [3.63, 3.8) is 0 Å². The second-order valence-electron chi connectivity index (χ2n) is 3.68. The zero-order valence-corrected chi connectivity index (χ0v) is 11.7. The van der Waals surface area contributed by atoms with E-state index in [0.717, 1.165) is 16.7 Å². The molecule has 0 radical (unpaired) electrons. The molecule has 19 heavy (non-hydrogen) atoms. The van der Waals surface area contributed by atoms with Crippen molar-refractivity contribution in [3.8, 4) is 0 Å². The normalized spacial score (nSPS) is 11.8. The molecule has 0 atom stereocenters. The van der Waals surface area contributed by atoms with Crippen LogP contribution in [-0.4, -0.2) is 23.6 Å². The van der Waals surface area contributed by atoms with Gasteiger partial charge in [0.25, 0.3) is 10.0 Å². The number of fused-ring (bicyclic) bond motifs is 1. The number of hydrogen-bond donors (Lipinski definition) is 2. The average Bonchev–Trinajstić information content (AvgIpc) is 2.97. The van der Waals surface area contributed by atoms with Crippen LogP contribution in [-0.2, 0) is 10.0 Å². The molecular weight excluding hydrogens is 308 g/mol. The molecule has 3 rings (SSSR count). The molecule has 0 aliphatic heterocycles. The van der Waals surface area contributed by atoms with Gasteiger partial charge in [0.1, 0.15) is 0 Å². The lowest BCUT2D eigenvalue weighted by Crippen LogP contribution is -2.11. The fourth-order valence-electron chi connectivity index (χ4n) is 1.61. The Balaban J connectivity index is 2.03. The van der Waals surface area contributed by atoms with Crippen molar-refractivity contribution in [2.45, 2.75) is 4.21 Å². The standard InChI is InChI=1S/C10H7ClN4O2S2/c11-10-12-5-8(18-10)19(16,17)15-7-3-1-2-6-4-13-14-9(6)7/h1-5,15H,(H,13,14). The monoisotopic (exact) mass is 314 g/mol. The van der Waals surface area contributed by atoms with E-state index in [1.165, 1.54) is 6.20 Å². The largest absolute Gasteiger partial charge is 0.277 e. The van der Waals surface area contributed by atoms with Crippen molar-refractivity contribution >= 4 is 49.6 Å². The summed E-state index contributed by atoms with van der Waals surface area (Å²) in [7, 11) is -3.69.